The number of rotatable bonds is 2. The van der Waals surface area contributed by atoms with Crippen molar-refractivity contribution in [1.29, 1.82) is 0 Å². The third-order valence-electron chi connectivity index (χ3n) is 3.51. The molecule has 0 saturated heterocycles. The van der Waals surface area contributed by atoms with Crippen molar-refractivity contribution in [3.05, 3.63) is 64.2 Å². The molecule has 0 unspecified atom stereocenters. The summed E-state index contributed by atoms with van der Waals surface area (Å²) in [6.45, 7) is 2.63. The van der Waals surface area contributed by atoms with Crippen LogP contribution >= 0.6 is 11.6 Å². The molecule has 2 N–H and O–H groups in total. The van der Waals surface area contributed by atoms with E-state index in [0.717, 1.165) is 22.4 Å². The van der Waals surface area contributed by atoms with E-state index in [-0.39, 0.29) is 12.9 Å². The van der Waals surface area contributed by atoms with Gasteiger partial charge in [0.15, 0.2) is 0 Å². The summed E-state index contributed by atoms with van der Waals surface area (Å²) in [5.41, 5.74) is 4.52. The van der Waals surface area contributed by atoms with E-state index in [1.807, 2.05) is 31.2 Å². The number of phenols is 2. The van der Waals surface area contributed by atoms with E-state index in [9.17, 15) is 10.2 Å². The Kier molecular flexibility index (Phi) is 3.43. The predicted octanol–water partition coefficient (Wildman–Crippen LogP) is 4.27. The molecule has 1 aliphatic rings. The highest BCUT2D eigenvalue weighted by molar-refractivity contribution is 6.35. The fourth-order valence-electron chi connectivity index (χ4n) is 2.50. The van der Waals surface area contributed by atoms with Crippen LogP contribution in [0.5, 0.6) is 11.5 Å². The van der Waals surface area contributed by atoms with Crippen LogP contribution in [0.2, 0.25) is 5.02 Å². The van der Waals surface area contributed by atoms with Gasteiger partial charge >= 0.3 is 0 Å². The Morgan fingerprint density at radius 1 is 1.10 bits per heavy atom. The molecule has 108 valence electrons. The first-order valence-corrected chi connectivity index (χ1v) is 6.97. The summed E-state index contributed by atoms with van der Waals surface area (Å²) in [6, 6.07) is 12.1. The average molecular weight is 302 g/mol. The summed E-state index contributed by atoms with van der Waals surface area (Å²) in [4.78, 5) is 4.53. The Balaban J connectivity index is 0.00000176. The van der Waals surface area contributed by atoms with E-state index in [2.05, 4.69) is 4.99 Å². The van der Waals surface area contributed by atoms with E-state index >= 15 is 0 Å². The number of benzene rings is 2. The second-order valence-corrected chi connectivity index (χ2v) is 5.46. The van der Waals surface area contributed by atoms with Crippen molar-refractivity contribution in [3.8, 4) is 11.5 Å². The average Bonchev–Trinajstić information content (AvgIpc) is 2.82. The summed E-state index contributed by atoms with van der Waals surface area (Å²) in [5.74, 6) is 0.0542. The molecule has 2 aromatic carbocycles. The van der Waals surface area contributed by atoms with Crippen LogP contribution in [0.4, 0.5) is 0 Å². The van der Waals surface area contributed by atoms with Crippen molar-refractivity contribution in [2.45, 2.75) is 6.92 Å². The Hall–Kier alpha value is -2.26. The molecular weight excluding hydrogens is 286 g/mol. The Morgan fingerprint density at radius 2 is 1.81 bits per heavy atom. The van der Waals surface area contributed by atoms with Crippen LogP contribution < -0.4 is 0 Å². The van der Waals surface area contributed by atoms with E-state index in [1.165, 1.54) is 6.07 Å². The molecule has 3 nitrogen and oxygen atoms in total. The van der Waals surface area contributed by atoms with Gasteiger partial charge in [0, 0.05) is 23.7 Å². The van der Waals surface area contributed by atoms with Crippen molar-refractivity contribution in [2.75, 3.05) is 6.54 Å². The molecule has 0 radical (unpaired) electrons. The van der Waals surface area contributed by atoms with Gasteiger partial charge in [-0.3, -0.25) is 4.99 Å². The first-order valence-electron chi connectivity index (χ1n) is 6.59. The van der Waals surface area contributed by atoms with Gasteiger partial charge in [-0.1, -0.05) is 23.7 Å². The monoisotopic (exact) mass is 301 g/mol. The Bertz CT molecular complexity index is 767. The minimum atomic E-state index is 0. The maximum Gasteiger partial charge on any atom is 0.128 e. The van der Waals surface area contributed by atoms with Crippen LogP contribution in [0.1, 0.15) is 19.5 Å². The summed E-state index contributed by atoms with van der Waals surface area (Å²) in [6.07, 6.45) is 0. The van der Waals surface area contributed by atoms with E-state index in [0.29, 0.717) is 17.1 Å². The highest BCUT2D eigenvalue weighted by Gasteiger charge is 2.22. The van der Waals surface area contributed by atoms with Crippen molar-refractivity contribution in [3.63, 3.8) is 0 Å². The molecule has 0 atom stereocenters. The highest BCUT2D eigenvalue weighted by Crippen LogP contribution is 2.34. The smallest absolute Gasteiger partial charge is 0.128 e. The zero-order valence-corrected chi connectivity index (χ0v) is 12.2. The fraction of sp³-hybridized carbons (Fsp3) is 0.118. The zero-order chi connectivity index (χ0) is 15.0. The van der Waals surface area contributed by atoms with Gasteiger partial charge in [-0.2, -0.15) is 0 Å². The van der Waals surface area contributed by atoms with Gasteiger partial charge in [-0.05, 0) is 42.3 Å². The molecule has 2 aromatic rings. The SMILES string of the molecule is CC1=C(c2ccc(Cl)cc2)C(c2ccc(O)cc2O)=NC1.[HH]. The maximum atomic E-state index is 10.1. The number of allylic oxidation sites excluding steroid dienone is 1. The first kappa shape index (κ1) is 13.7. The van der Waals surface area contributed by atoms with Gasteiger partial charge in [0.25, 0.3) is 0 Å². The van der Waals surface area contributed by atoms with Crippen LogP contribution in [0.25, 0.3) is 5.57 Å². The van der Waals surface area contributed by atoms with Gasteiger partial charge < -0.3 is 10.2 Å². The number of hydrogen-bond acceptors (Lipinski definition) is 3. The number of hydrogen-bond donors (Lipinski definition) is 2. The number of nitrogens with zero attached hydrogens (tertiary/aromatic N) is 1. The standard InChI is InChI=1S/C17H14ClNO2.H2/c1-10-9-19-17(14-7-6-13(20)8-15(14)21)16(10)11-2-4-12(18)5-3-11;/h2-8,20-21H,9H2,1H3;1H. The molecule has 0 aromatic heterocycles. The molecule has 0 spiro atoms. The summed E-state index contributed by atoms with van der Waals surface area (Å²) < 4.78 is 0. The molecule has 4 heteroatoms. The molecule has 0 aliphatic carbocycles. The predicted molar refractivity (Wildman–Crippen MR) is 87.3 cm³/mol. The van der Waals surface area contributed by atoms with Gasteiger partial charge in [0.1, 0.15) is 11.5 Å². The Morgan fingerprint density at radius 3 is 2.48 bits per heavy atom. The topological polar surface area (TPSA) is 52.8 Å². The summed E-state index contributed by atoms with van der Waals surface area (Å²) >= 11 is 5.94. The van der Waals surface area contributed by atoms with Gasteiger partial charge in [0.05, 0.1) is 12.3 Å². The lowest BCUT2D eigenvalue weighted by molar-refractivity contribution is 0.450. The molecule has 1 heterocycles. The summed E-state index contributed by atoms with van der Waals surface area (Å²) in [5, 5.41) is 20.2. The molecule has 0 fully saturated rings. The fourth-order valence-corrected chi connectivity index (χ4v) is 2.62. The molecule has 21 heavy (non-hydrogen) atoms. The second kappa shape index (κ2) is 5.26. The zero-order valence-electron chi connectivity index (χ0n) is 11.5. The van der Waals surface area contributed by atoms with E-state index in [1.54, 1.807) is 12.1 Å². The van der Waals surface area contributed by atoms with E-state index < -0.39 is 0 Å². The third kappa shape index (κ3) is 2.52. The number of phenolic OH excluding ortho intramolecular Hbond substituents is 2. The van der Waals surface area contributed by atoms with E-state index in [4.69, 9.17) is 11.6 Å². The normalized spacial score (nSPS) is 14.5. The number of halogens is 1. The number of aromatic hydroxyl groups is 2. The lowest BCUT2D eigenvalue weighted by Gasteiger charge is -2.11. The summed E-state index contributed by atoms with van der Waals surface area (Å²) in [7, 11) is 0. The molecule has 1 aliphatic heterocycles. The lowest BCUT2D eigenvalue weighted by atomic mass is 9.93. The van der Waals surface area contributed by atoms with Crippen molar-refractivity contribution in [2.24, 2.45) is 4.99 Å². The van der Waals surface area contributed by atoms with Crippen LogP contribution in [-0.4, -0.2) is 22.5 Å². The largest absolute Gasteiger partial charge is 0.508 e. The number of aliphatic imine (C=N–C) groups is 1. The van der Waals surface area contributed by atoms with Crippen molar-refractivity contribution < 1.29 is 11.6 Å². The van der Waals surface area contributed by atoms with Gasteiger partial charge in [-0.15, -0.1) is 0 Å². The molecule has 3 rings (SSSR count). The minimum Gasteiger partial charge on any atom is -0.508 e. The quantitative estimate of drug-likeness (QED) is 0.870. The molecular formula is C17H16ClNO2. The molecule has 0 amide bonds. The van der Waals surface area contributed by atoms with Crippen LogP contribution in [0.3, 0.4) is 0 Å². The first-order chi connectivity index (χ1) is 10.1. The molecule has 0 saturated carbocycles. The van der Waals surface area contributed by atoms with Gasteiger partial charge in [-0.25, -0.2) is 0 Å². The molecule has 0 bridgehead atoms. The lowest BCUT2D eigenvalue weighted by Crippen LogP contribution is -2.02. The van der Waals surface area contributed by atoms with Crippen molar-refractivity contribution >= 4 is 22.9 Å². The minimum absolute atomic E-state index is 0. The van der Waals surface area contributed by atoms with Gasteiger partial charge in [0.2, 0.25) is 0 Å². The third-order valence-corrected chi connectivity index (χ3v) is 3.76. The van der Waals surface area contributed by atoms with Crippen LogP contribution in [0.15, 0.2) is 53.0 Å². The Labute approximate surface area is 129 Å². The highest BCUT2D eigenvalue weighted by atomic mass is 35.5. The second-order valence-electron chi connectivity index (χ2n) is 5.03. The van der Waals surface area contributed by atoms with Crippen LogP contribution in [0, 0.1) is 0 Å². The maximum absolute atomic E-state index is 10.1. The van der Waals surface area contributed by atoms with Crippen molar-refractivity contribution in [1.82, 2.24) is 0 Å². The van der Waals surface area contributed by atoms with Crippen LogP contribution in [-0.2, 0) is 0 Å².